The molecule has 0 atom stereocenters. The lowest BCUT2D eigenvalue weighted by Gasteiger charge is -2.35. The van der Waals surface area contributed by atoms with E-state index in [-0.39, 0.29) is 0 Å². The molecule has 33 heavy (non-hydrogen) atoms. The van der Waals surface area contributed by atoms with Crippen LogP contribution in [-0.4, -0.2) is 30.8 Å². The number of carboxylic acid groups (broad SMARTS) is 1. The predicted octanol–water partition coefficient (Wildman–Crippen LogP) is 7.26. The van der Waals surface area contributed by atoms with E-state index >= 15 is 0 Å². The van der Waals surface area contributed by atoms with E-state index in [4.69, 9.17) is 4.74 Å². The number of anilines is 2. The minimum absolute atomic E-state index is 0.338. The summed E-state index contributed by atoms with van der Waals surface area (Å²) >= 11 is 0. The van der Waals surface area contributed by atoms with E-state index < -0.39 is 5.97 Å². The topological polar surface area (TPSA) is 49.8 Å². The number of nitrogens with zero attached hydrogens (tertiary/aromatic N) is 1. The Morgan fingerprint density at radius 1 is 0.788 bits per heavy atom. The minimum atomic E-state index is -0.876. The monoisotopic (exact) mass is 447 g/mol. The molecule has 176 valence electrons. The molecule has 0 bridgehead atoms. The van der Waals surface area contributed by atoms with Gasteiger partial charge in [-0.15, -0.1) is 0 Å². The summed E-state index contributed by atoms with van der Waals surface area (Å²) in [6.07, 6.45) is 13.3. The number of carboxylic acids is 1. The van der Waals surface area contributed by atoms with Crippen molar-refractivity contribution in [3.63, 3.8) is 0 Å². The average molecular weight is 448 g/mol. The van der Waals surface area contributed by atoms with Gasteiger partial charge in [0, 0.05) is 23.8 Å². The lowest BCUT2D eigenvalue weighted by atomic mass is 9.79. The standard InChI is InChI=1S/C29H37NO3/c31-29(32)24-11-13-27(14-12-24)30(18-21-19-33-20-21)28-16-25(22-7-3-1-4-8-22)15-26(17-28)23-9-5-2-6-10-23/h11-17,21-23H,1-10,18-20H2,(H,31,32). The second kappa shape index (κ2) is 10.3. The van der Waals surface area contributed by atoms with Crippen LogP contribution in [0.3, 0.4) is 0 Å². The molecule has 2 aromatic carbocycles. The Balaban J connectivity index is 1.53. The first kappa shape index (κ1) is 22.5. The fraction of sp³-hybridized carbons (Fsp3) is 0.552. The molecule has 1 aliphatic heterocycles. The Kier molecular flexibility index (Phi) is 7.01. The highest BCUT2D eigenvalue weighted by atomic mass is 16.5. The zero-order valence-corrected chi connectivity index (χ0v) is 19.7. The largest absolute Gasteiger partial charge is 0.478 e. The number of aromatic carboxylic acids is 1. The summed E-state index contributed by atoms with van der Waals surface area (Å²) in [6, 6.07) is 14.8. The Hall–Kier alpha value is -2.33. The molecule has 0 aromatic heterocycles. The SMILES string of the molecule is O=C(O)c1ccc(N(CC2COC2)c2cc(C3CCCCC3)cc(C3CCCCC3)c2)cc1. The molecule has 3 aliphatic rings. The van der Waals surface area contributed by atoms with Crippen LogP contribution in [0.2, 0.25) is 0 Å². The molecule has 0 amide bonds. The fourth-order valence-electron chi connectivity index (χ4n) is 5.95. The molecular weight excluding hydrogens is 410 g/mol. The van der Waals surface area contributed by atoms with Crippen molar-refractivity contribution >= 4 is 17.3 Å². The molecule has 0 spiro atoms. The van der Waals surface area contributed by atoms with Crippen LogP contribution in [0.15, 0.2) is 42.5 Å². The van der Waals surface area contributed by atoms with E-state index in [1.54, 1.807) is 12.1 Å². The highest BCUT2D eigenvalue weighted by molar-refractivity contribution is 5.88. The molecule has 2 aromatic rings. The molecule has 4 nitrogen and oxygen atoms in total. The average Bonchev–Trinajstić information content (AvgIpc) is 2.84. The quantitative estimate of drug-likeness (QED) is 0.485. The third kappa shape index (κ3) is 5.27. The third-order valence-electron chi connectivity index (χ3n) is 8.00. The lowest BCUT2D eigenvalue weighted by Crippen LogP contribution is -2.37. The van der Waals surface area contributed by atoms with Gasteiger partial charge in [-0.3, -0.25) is 0 Å². The summed E-state index contributed by atoms with van der Waals surface area (Å²) in [5.41, 5.74) is 5.72. The van der Waals surface area contributed by atoms with Crippen LogP contribution in [0.25, 0.3) is 0 Å². The van der Waals surface area contributed by atoms with E-state index in [1.807, 2.05) is 12.1 Å². The van der Waals surface area contributed by atoms with Crippen LogP contribution < -0.4 is 4.90 Å². The van der Waals surface area contributed by atoms with Crippen molar-refractivity contribution in [2.24, 2.45) is 5.92 Å². The maximum absolute atomic E-state index is 11.4. The molecule has 1 heterocycles. The number of benzene rings is 2. The molecule has 2 aliphatic carbocycles. The molecule has 1 saturated heterocycles. The van der Waals surface area contributed by atoms with Crippen molar-refractivity contribution in [2.45, 2.75) is 76.0 Å². The van der Waals surface area contributed by atoms with Crippen molar-refractivity contribution in [1.82, 2.24) is 0 Å². The minimum Gasteiger partial charge on any atom is -0.478 e. The summed E-state index contributed by atoms with van der Waals surface area (Å²) in [5, 5.41) is 9.36. The zero-order valence-electron chi connectivity index (χ0n) is 19.7. The summed E-state index contributed by atoms with van der Waals surface area (Å²) < 4.78 is 5.49. The van der Waals surface area contributed by atoms with Crippen LogP contribution in [0.5, 0.6) is 0 Å². The normalized spacial score (nSPS) is 20.4. The van der Waals surface area contributed by atoms with Gasteiger partial charge in [-0.1, -0.05) is 44.6 Å². The number of ether oxygens (including phenoxy) is 1. The Labute approximate surface area is 198 Å². The van der Waals surface area contributed by atoms with Gasteiger partial charge in [0.2, 0.25) is 0 Å². The van der Waals surface area contributed by atoms with Crippen molar-refractivity contribution in [1.29, 1.82) is 0 Å². The van der Waals surface area contributed by atoms with Crippen LogP contribution in [0.4, 0.5) is 11.4 Å². The molecule has 2 saturated carbocycles. The van der Waals surface area contributed by atoms with Crippen LogP contribution in [-0.2, 0) is 4.74 Å². The van der Waals surface area contributed by atoms with E-state index in [9.17, 15) is 9.90 Å². The lowest BCUT2D eigenvalue weighted by molar-refractivity contribution is -0.0267. The van der Waals surface area contributed by atoms with E-state index in [2.05, 4.69) is 23.1 Å². The van der Waals surface area contributed by atoms with Crippen LogP contribution in [0.1, 0.15) is 97.5 Å². The van der Waals surface area contributed by atoms with Gasteiger partial charge in [0.05, 0.1) is 18.8 Å². The maximum Gasteiger partial charge on any atom is 0.335 e. The molecule has 0 unspecified atom stereocenters. The summed E-state index contributed by atoms with van der Waals surface area (Å²) in [7, 11) is 0. The Morgan fingerprint density at radius 2 is 1.33 bits per heavy atom. The highest BCUT2D eigenvalue weighted by Gasteiger charge is 2.26. The first-order valence-corrected chi connectivity index (χ1v) is 13.0. The molecule has 1 N–H and O–H groups in total. The van der Waals surface area contributed by atoms with Gasteiger partial charge < -0.3 is 14.7 Å². The van der Waals surface area contributed by atoms with E-state index in [1.165, 1.54) is 81.0 Å². The first-order valence-electron chi connectivity index (χ1n) is 13.0. The van der Waals surface area contributed by atoms with Gasteiger partial charge >= 0.3 is 5.97 Å². The summed E-state index contributed by atoms with van der Waals surface area (Å²) in [5.74, 6) is 0.980. The van der Waals surface area contributed by atoms with Crippen LogP contribution >= 0.6 is 0 Å². The summed E-state index contributed by atoms with van der Waals surface area (Å²) in [6.45, 7) is 2.52. The third-order valence-corrected chi connectivity index (χ3v) is 8.00. The fourth-order valence-corrected chi connectivity index (χ4v) is 5.95. The van der Waals surface area contributed by atoms with Crippen molar-refractivity contribution in [3.8, 4) is 0 Å². The first-order chi connectivity index (χ1) is 16.2. The predicted molar refractivity (Wildman–Crippen MR) is 133 cm³/mol. The second-order valence-electron chi connectivity index (χ2n) is 10.4. The van der Waals surface area contributed by atoms with Crippen molar-refractivity contribution in [2.75, 3.05) is 24.7 Å². The van der Waals surface area contributed by atoms with Gasteiger partial charge in [0.25, 0.3) is 0 Å². The highest BCUT2D eigenvalue weighted by Crippen LogP contribution is 2.41. The zero-order chi connectivity index (χ0) is 22.6. The molecule has 4 heteroatoms. The van der Waals surface area contributed by atoms with Gasteiger partial charge in [-0.05, 0) is 85.0 Å². The van der Waals surface area contributed by atoms with Gasteiger partial charge in [0.1, 0.15) is 0 Å². The van der Waals surface area contributed by atoms with Gasteiger partial charge in [-0.25, -0.2) is 4.79 Å². The molecule has 3 fully saturated rings. The van der Waals surface area contributed by atoms with Gasteiger partial charge in [-0.2, -0.15) is 0 Å². The van der Waals surface area contributed by atoms with Crippen molar-refractivity contribution < 1.29 is 14.6 Å². The summed E-state index contributed by atoms with van der Waals surface area (Å²) in [4.78, 5) is 13.8. The van der Waals surface area contributed by atoms with E-state index in [0.29, 0.717) is 23.3 Å². The van der Waals surface area contributed by atoms with E-state index in [0.717, 1.165) is 25.4 Å². The number of rotatable bonds is 7. The molecular formula is C29H37NO3. The smallest absolute Gasteiger partial charge is 0.335 e. The van der Waals surface area contributed by atoms with Crippen molar-refractivity contribution in [3.05, 3.63) is 59.2 Å². The Bertz CT molecular complexity index is 902. The molecule has 0 radical (unpaired) electrons. The number of hydrogen-bond acceptors (Lipinski definition) is 3. The number of carbonyl (C=O) groups is 1. The Morgan fingerprint density at radius 3 is 1.79 bits per heavy atom. The maximum atomic E-state index is 11.4. The van der Waals surface area contributed by atoms with Crippen LogP contribution in [0, 0.1) is 5.92 Å². The number of hydrogen-bond donors (Lipinski definition) is 1. The molecule has 5 rings (SSSR count). The second-order valence-corrected chi connectivity index (χ2v) is 10.4. The van der Waals surface area contributed by atoms with Gasteiger partial charge in [0.15, 0.2) is 0 Å².